The Balaban J connectivity index is 2.63. The Kier molecular flexibility index (Phi) is 6.53. The Morgan fingerprint density at radius 1 is 1.10 bits per heavy atom. The lowest BCUT2D eigenvalue weighted by Gasteiger charge is -2.22. The third-order valence-electron chi connectivity index (χ3n) is 3.81. The Labute approximate surface area is 119 Å². The highest BCUT2D eigenvalue weighted by Crippen LogP contribution is 2.29. The quantitative estimate of drug-likeness (QED) is 0.766. The Morgan fingerprint density at radius 3 is 2.15 bits per heavy atom. The monoisotopic (exact) mass is 287 g/mol. The van der Waals surface area contributed by atoms with Gasteiger partial charge in [-0.05, 0) is 36.5 Å². The van der Waals surface area contributed by atoms with Crippen LogP contribution in [-0.4, -0.2) is 6.04 Å². The lowest BCUT2D eigenvalue weighted by Crippen LogP contribution is -2.32. The van der Waals surface area contributed by atoms with Crippen molar-refractivity contribution >= 4 is 0 Å². The molecule has 2 atom stereocenters. The van der Waals surface area contributed by atoms with Crippen LogP contribution in [0, 0.1) is 5.92 Å². The van der Waals surface area contributed by atoms with E-state index in [0.29, 0.717) is 12.3 Å². The maximum atomic E-state index is 12.5. The van der Waals surface area contributed by atoms with Crippen molar-refractivity contribution in [3.05, 3.63) is 35.4 Å². The molecule has 0 fully saturated rings. The maximum absolute atomic E-state index is 12.5. The Hall–Kier alpha value is -1.03. The highest BCUT2D eigenvalue weighted by molar-refractivity contribution is 5.25. The van der Waals surface area contributed by atoms with E-state index in [4.69, 9.17) is 5.73 Å². The molecule has 0 aliphatic carbocycles. The van der Waals surface area contributed by atoms with Crippen molar-refractivity contribution in [1.29, 1.82) is 0 Å². The largest absolute Gasteiger partial charge is 0.416 e. The topological polar surface area (TPSA) is 26.0 Å². The van der Waals surface area contributed by atoms with Crippen LogP contribution in [0.2, 0.25) is 0 Å². The zero-order chi connectivity index (χ0) is 15.2. The van der Waals surface area contributed by atoms with Gasteiger partial charge < -0.3 is 5.73 Å². The normalized spacial score (nSPS) is 15.1. The van der Waals surface area contributed by atoms with Crippen LogP contribution in [0.15, 0.2) is 24.3 Å². The van der Waals surface area contributed by atoms with Gasteiger partial charge in [0.25, 0.3) is 0 Å². The second-order valence-corrected chi connectivity index (χ2v) is 5.37. The number of rotatable bonds is 7. The van der Waals surface area contributed by atoms with Crippen molar-refractivity contribution in [3.63, 3.8) is 0 Å². The van der Waals surface area contributed by atoms with Gasteiger partial charge in [0.2, 0.25) is 0 Å². The summed E-state index contributed by atoms with van der Waals surface area (Å²) in [7, 11) is 0. The van der Waals surface area contributed by atoms with Crippen LogP contribution >= 0.6 is 0 Å². The summed E-state index contributed by atoms with van der Waals surface area (Å²) in [6.07, 6.45) is 0.771. The number of halogens is 3. The van der Waals surface area contributed by atoms with E-state index in [1.807, 2.05) is 0 Å². The Bertz CT molecular complexity index is 384. The van der Waals surface area contributed by atoms with Gasteiger partial charge in [-0.2, -0.15) is 13.2 Å². The van der Waals surface area contributed by atoms with Crippen molar-refractivity contribution < 1.29 is 13.2 Å². The summed E-state index contributed by atoms with van der Waals surface area (Å²) in [6.45, 7) is 4.26. The van der Waals surface area contributed by atoms with Gasteiger partial charge in [-0.25, -0.2) is 0 Å². The molecule has 20 heavy (non-hydrogen) atoms. The first-order chi connectivity index (χ1) is 9.38. The fourth-order valence-electron chi connectivity index (χ4n) is 2.46. The van der Waals surface area contributed by atoms with Gasteiger partial charge in [-0.3, -0.25) is 0 Å². The first kappa shape index (κ1) is 17.0. The minimum Gasteiger partial charge on any atom is -0.327 e. The molecule has 0 radical (unpaired) electrons. The first-order valence-electron chi connectivity index (χ1n) is 7.30. The van der Waals surface area contributed by atoms with Crippen LogP contribution < -0.4 is 5.73 Å². The molecule has 0 aromatic heterocycles. The molecular formula is C16H24F3N. The van der Waals surface area contributed by atoms with E-state index in [1.165, 1.54) is 12.1 Å². The van der Waals surface area contributed by atoms with E-state index in [9.17, 15) is 13.2 Å². The molecule has 2 N–H and O–H groups in total. The molecule has 0 aliphatic rings. The zero-order valence-electron chi connectivity index (χ0n) is 12.2. The first-order valence-corrected chi connectivity index (χ1v) is 7.30. The van der Waals surface area contributed by atoms with Crippen LogP contribution in [0.4, 0.5) is 13.2 Å². The van der Waals surface area contributed by atoms with Crippen LogP contribution in [0.1, 0.15) is 50.7 Å². The highest BCUT2D eigenvalue weighted by Gasteiger charge is 2.30. The van der Waals surface area contributed by atoms with Crippen molar-refractivity contribution in [2.75, 3.05) is 0 Å². The molecule has 4 heteroatoms. The number of unbranched alkanes of at least 4 members (excludes halogenated alkanes) is 1. The fourth-order valence-corrected chi connectivity index (χ4v) is 2.46. The molecule has 0 saturated carbocycles. The van der Waals surface area contributed by atoms with Gasteiger partial charge in [0.15, 0.2) is 0 Å². The third-order valence-corrected chi connectivity index (χ3v) is 3.81. The standard InChI is InChI=1S/C16H24F3N/c1-3-5-6-13(4-2)15(20)11-12-7-9-14(10-8-12)16(17,18)19/h7-10,13,15H,3-6,11,20H2,1-2H3. The minimum absolute atomic E-state index is 0.0169. The minimum atomic E-state index is -4.27. The number of hydrogen-bond acceptors (Lipinski definition) is 1. The number of nitrogens with two attached hydrogens (primary N) is 1. The number of benzene rings is 1. The summed E-state index contributed by atoms with van der Waals surface area (Å²) in [5, 5.41) is 0. The summed E-state index contributed by atoms with van der Waals surface area (Å²) in [5.74, 6) is 0.442. The molecule has 1 rings (SSSR count). The SMILES string of the molecule is CCCCC(CC)C(N)Cc1ccc(C(F)(F)F)cc1. The molecule has 0 spiro atoms. The lowest BCUT2D eigenvalue weighted by molar-refractivity contribution is -0.137. The molecule has 1 aromatic rings. The van der Waals surface area contributed by atoms with Crippen LogP contribution in [0.5, 0.6) is 0 Å². The average molecular weight is 287 g/mol. The van der Waals surface area contributed by atoms with Crippen molar-refractivity contribution in [2.45, 2.75) is 58.2 Å². The maximum Gasteiger partial charge on any atom is 0.416 e. The molecule has 0 bridgehead atoms. The van der Waals surface area contributed by atoms with Crippen LogP contribution in [0.3, 0.4) is 0 Å². The summed E-state index contributed by atoms with van der Waals surface area (Å²) in [4.78, 5) is 0. The molecule has 0 saturated heterocycles. The molecule has 1 aromatic carbocycles. The van der Waals surface area contributed by atoms with Gasteiger partial charge in [0, 0.05) is 6.04 Å². The third kappa shape index (κ3) is 5.16. The second kappa shape index (κ2) is 7.67. The predicted octanol–water partition coefficient (Wildman–Crippen LogP) is 4.79. The molecule has 0 heterocycles. The zero-order valence-corrected chi connectivity index (χ0v) is 12.2. The average Bonchev–Trinajstić information content (AvgIpc) is 2.39. The van der Waals surface area contributed by atoms with E-state index in [2.05, 4.69) is 13.8 Å². The van der Waals surface area contributed by atoms with Crippen molar-refractivity contribution in [3.8, 4) is 0 Å². The van der Waals surface area contributed by atoms with E-state index < -0.39 is 11.7 Å². The lowest BCUT2D eigenvalue weighted by atomic mass is 9.88. The Morgan fingerprint density at radius 2 is 1.70 bits per heavy atom. The van der Waals surface area contributed by atoms with E-state index in [-0.39, 0.29) is 6.04 Å². The van der Waals surface area contributed by atoms with Crippen molar-refractivity contribution in [2.24, 2.45) is 11.7 Å². The summed E-state index contributed by atoms with van der Waals surface area (Å²) in [5.41, 5.74) is 6.47. The highest BCUT2D eigenvalue weighted by atomic mass is 19.4. The van der Waals surface area contributed by atoms with E-state index in [1.54, 1.807) is 0 Å². The smallest absolute Gasteiger partial charge is 0.327 e. The molecule has 2 unspecified atom stereocenters. The second-order valence-electron chi connectivity index (χ2n) is 5.37. The van der Waals surface area contributed by atoms with Crippen LogP contribution in [0.25, 0.3) is 0 Å². The fraction of sp³-hybridized carbons (Fsp3) is 0.625. The van der Waals surface area contributed by atoms with Gasteiger partial charge >= 0.3 is 6.18 Å². The van der Waals surface area contributed by atoms with Gasteiger partial charge in [0.1, 0.15) is 0 Å². The summed E-state index contributed by atoms with van der Waals surface area (Å²) in [6, 6.07) is 5.36. The van der Waals surface area contributed by atoms with Crippen LogP contribution in [-0.2, 0) is 12.6 Å². The summed E-state index contributed by atoms with van der Waals surface area (Å²) < 4.78 is 37.4. The molecule has 0 amide bonds. The number of alkyl halides is 3. The van der Waals surface area contributed by atoms with Gasteiger partial charge in [-0.1, -0.05) is 45.2 Å². The molecular weight excluding hydrogens is 263 g/mol. The van der Waals surface area contributed by atoms with E-state index >= 15 is 0 Å². The molecule has 114 valence electrons. The number of hydrogen-bond donors (Lipinski definition) is 1. The van der Waals surface area contributed by atoms with Gasteiger partial charge in [0.05, 0.1) is 5.56 Å². The summed E-state index contributed by atoms with van der Waals surface area (Å²) >= 11 is 0. The van der Waals surface area contributed by atoms with E-state index in [0.717, 1.165) is 43.4 Å². The van der Waals surface area contributed by atoms with Crippen molar-refractivity contribution in [1.82, 2.24) is 0 Å². The molecule has 1 nitrogen and oxygen atoms in total. The predicted molar refractivity (Wildman–Crippen MR) is 76.4 cm³/mol. The molecule has 0 aliphatic heterocycles. The van der Waals surface area contributed by atoms with Gasteiger partial charge in [-0.15, -0.1) is 0 Å².